The maximum Gasteiger partial charge on any atom is 0.270 e. The normalized spacial score (nSPS) is 15.0. The van der Waals surface area contributed by atoms with E-state index in [9.17, 15) is 24.8 Å². The molecule has 6 heteroatoms. The molecule has 0 heterocycles. The number of phenolic OH excluding ortho intramolecular Hbond substituents is 1. The minimum Gasteiger partial charge on any atom is -0.507 e. The first-order valence-electron chi connectivity index (χ1n) is 7.19. The number of rotatable bonds is 2. The van der Waals surface area contributed by atoms with Gasteiger partial charge in [0.2, 0.25) is 0 Å². The number of carbonyl (C=O) groups is 2. The fourth-order valence-electron chi connectivity index (χ4n) is 2.80. The molecule has 6 nitrogen and oxygen atoms in total. The zero-order chi connectivity index (χ0) is 17.6. The van der Waals surface area contributed by atoms with Crippen LogP contribution in [-0.2, 0) is 0 Å². The Morgan fingerprint density at radius 2 is 1.58 bits per heavy atom. The van der Waals surface area contributed by atoms with Crippen LogP contribution >= 0.6 is 0 Å². The van der Waals surface area contributed by atoms with Crippen molar-refractivity contribution >= 4 is 23.3 Å². The van der Waals surface area contributed by atoms with Crippen LogP contribution in [0.1, 0.15) is 37.4 Å². The lowest BCUT2D eigenvalue weighted by atomic mass is 10.0. The molecule has 24 heavy (non-hydrogen) atoms. The van der Waals surface area contributed by atoms with Crippen LogP contribution in [0, 0.1) is 24.0 Å². The lowest BCUT2D eigenvalue weighted by molar-refractivity contribution is -0.384. The van der Waals surface area contributed by atoms with Gasteiger partial charge >= 0.3 is 0 Å². The molecule has 0 unspecified atom stereocenters. The van der Waals surface area contributed by atoms with Crippen LogP contribution in [-0.4, -0.2) is 21.6 Å². The van der Waals surface area contributed by atoms with E-state index < -0.39 is 16.5 Å². The van der Waals surface area contributed by atoms with Gasteiger partial charge in [0, 0.05) is 23.3 Å². The highest BCUT2D eigenvalue weighted by molar-refractivity contribution is 6.41. The van der Waals surface area contributed by atoms with Gasteiger partial charge in [0.25, 0.3) is 5.69 Å². The average Bonchev–Trinajstić information content (AvgIpc) is 2.77. The fraction of sp³-hybridized carbons (Fsp3) is 0.111. The largest absolute Gasteiger partial charge is 0.507 e. The van der Waals surface area contributed by atoms with Gasteiger partial charge in [0.05, 0.1) is 10.5 Å². The molecule has 0 bridgehead atoms. The van der Waals surface area contributed by atoms with E-state index in [0.717, 1.165) is 6.07 Å². The van der Waals surface area contributed by atoms with E-state index in [1.807, 2.05) is 0 Å². The van der Waals surface area contributed by atoms with E-state index in [1.165, 1.54) is 18.2 Å². The summed E-state index contributed by atoms with van der Waals surface area (Å²) in [6.07, 6.45) is 1.45. The molecule has 0 atom stereocenters. The summed E-state index contributed by atoms with van der Waals surface area (Å²) in [7, 11) is 0. The number of ketones is 2. The Balaban J connectivity index is 2.09. The number of aromatic hydroxyl groups is 1. The molecule has 0 aromatic heterocycles. The molecule has 120 valence electrons. The van der Waals surface area contributed by atoms with Gasteiger partial charge in [-0.2, -0.15) is 0 Å². The fourth-order valence-corrected chi connectivity index (χ4v) is 2.80. The van der Waals surface area contributed by atoms with Gasteiger partial charge in [-0.1, -0.05) is 0 Å². The first-order valence-corrected chi connectivity index (χ1v) is 7.19. The molecule has 0 aliphatic heterocycles. The van der Waals surface area contributed by atoms with Gasteiger partial charge in [-0.15, -0.1) is 0 Å². The maximum atomic E-state index is 12.5. The highest BCUT2D eigenvalue weighted by atomic mass is 16.6. The molecule has 1 aliphatic rings. The first-order chi connectivity index (χ1) is 11.3. The number of benzene rings is 2. The molecule has 1 aliphatic carbocycles. The van der Waals surface area contributed by atoms with Gasteiger partial charge in [0.1, 0.15) is 5.75 Å². The predicted octanol–water partition coefficient (Wildman–Crippen LogP) is 3.38. The minimum atomic E-state index is -0.605. The second kappa shape index (κ2) is 5.42. The summed E-state index contributed by atoms with van der Waals surface area (Å²) in [5, 5.41) is 20.6. The Hall–Kier alpha value is -3.28. The van der Waals surface area contributed by atoms with E-state index in [4.69, 9.17) is 0 Å². The molecular weight excluding hydrogens is 310 g/mol. The molecule has 0 radical (unpaired) electrons. The average molecular weight is 323 g/mol. The van der Waals surface area contributed by atoms with E-state index in [0.29, 0.717) is 16.7 Å². The molecule has 2 aromatic carbocycles. The maximum absolute atomic E-state index is 12.5. The Labute approximate surface area is 137 Å². The number of aryl methyl sites for hydroxylation is 2. The molecule has 2 aromatic rings. The van der Waals surface area contributed by atoms with Crippen molar-refractivity contribution in [3.05, 3.63) is 73.8 Å². The number of hydrogen-bond acceptors (Lipinski definition) is 5. The number of fused-ring (bicyclic) bond motifs is 1. The Kier molecular flexibility index (Phi) is 3.52. The summed E-state index contributed by atoms with van der Waals surface area (Å²) in [6, 6.07) is 6.98. The van der Waals surface area contributed by atoms with Gasteiger partial charge in [-0.3, -0.25) is 19.7 Å². The molecule has 0 amide bonds. The zero-order valence-corrected chi connectivity index (χ0v) is 13.0. The van der Waals surface area contributed by atoms with E-state index in [-0.39, 0.29) is 28.1 Å². The Bertz CT molecular complexity index is 933. The second-order valence-electron chi connectivity index (χ2n) is 5.71. The monoisotopic (exact) mass is 323 g/mol. The third kappa shape index (κ3) is 2.38. The van der Waals surface area contributed by atoms with Crippen molar-refractivity contribution in [2.75, 3.05) is 0 Å². The topological polar surface area (TPSA) is 97.5 Å². The lowest BCUT2D eigenvalue weighted by Gasteiger charge is -2.05. The minimum absolute atomic E-state index is 0.0324. The van der Waals surface area contributed by atoms with Gasteiger partial charge in [0.15, 0.2) is 11.6 Å². The first kappa shape index (κ1) is 15.6. The van der Waals surface area contributed by atoms with Crippen molar-refractivity contribution in [1.29, 1.82) is 0 Å². The van der Waals surface area contributed by atoms with E-state index in [1.54, 1.807) is 26.0 Å². The number of phenols is 1. The third-order valence-corrected chi connectivity index (χ3v) is 4.02. The summed E-state index contributed by atoms with van der Waals surface area (Å²) in [4.78, 5) is 35.1. The number of Topliss-reactive ketones (excluding diaryl/α,β-unsaturated/α-hetero) is 2. The van der Waals surface area contributed by atoms with Crippen LogP contribution in [0.3, 0.4) is 0 Å². The summed E-state index contributed by atoms with van der Waals surface area (Å²) in [5.41, 5.74) is 1.84. The number of nitrogens with zero attached hydrogens (tertiary/aromatic N) is 1. The number of nitro groups is 1. The quantitative estimate of drug-likeness (QED) is 0.395. The van der Waals surface area contributed by atoms with Crippen LogP contribution in [0.2, 0.25) is 0 Å². The van der Waals surface area contributed by atoms with Crippen molar-refractivity contribution in [3.8, 4) is 5.75 Å². The molecule has 1 N–H and O–H groups in total. The van der Waals surface area contributed by atoms with Crippen LogP contribution in [0.15, 0.2) is 35.9 Å². The van der Waals surface area contributed by atoms with Gasteiger partial charge in [-0.05, 0) is 54.8 Å². The summed E-state index contributed by atoms with van der Waals surface area (Å²) < 4.78 is 0. The second-order valence-corrected chi connectivity index (χ2v) is 5.71. The summed E-state index contributed by atoms with van der Waals surface area (Å²) in [5.74, 6) is -0.810. The number of non-ortho nitro benzene ring substituents is 1. The molecule has 0 saturated carbocycles. The zero-order valence-electron chi connectivity index (χ0n) is 13.0. The Morgan fingerprint density at radius 3 is 2.17 bits per heavy atom. The highest BCUT2D eigenvalue weighted by Gasteiger charge is 2.34. The van der Waals surface area contributed by atoms with Crippen molar-refractivity contribution in [2.45, 2.75) is 13.8 Å². The standard InChI is InChI=1S/C18H13NO5/c1-9-5-11(6-10(2)16(9)20)7-15-17(21)13-4-3-12(19(23)24)8-14(13)18(15)22/h3-8,20H,1-2H3/b15-7-. The SMILES string of the molecule is Cc1cc(/C=C2/C(=O)c3ccc([N+](=O)[O-])cc3C2=O)cc(C)c1O. The van der Waals surface area contributed by atoms with Gasteiger partial charge < -0.3 is 5.11 Å². The number of allylic oxidation sites excluding steroid dienone is 1. The van der Waals surface area contributed by atoms with Crippen molar-refractivity contribution in [3.63, 3.8) is 0 Å². The molecule has 0 spiro atoms. The van der Waals surface area contributed by atoms with Gasteiger partial charge in [-0.25, -0.2) is 0 Å². The molecule has 0 fully saturated rings. The van der Waals surface area contributed by atoms with Crippen LogP contribution in [0.25, 0.3) is 6.08 Å². The number of carbonyl (C=O) groups excluding carboxylic acids is 2. The predicted molar refractivity (Wildman–Crippen MR) is 87.3 cm³/mol. The highest BCUT2D eigenvalue weighted by Crippen LogP contribution is 2.31. The van der Waals surface area contributed by atoms with Crippen molar-refractivity contribution in [1.82, 2.24) is 0 Å². The van der Waals surface area contributed by atoms with Crippen molar-refractivity contribution in [2.24, 2.45) is 0 Å². The lowest BCUT2D eigenvalue weighted by Crippen LogP contribution is -2.00. The summed E-state index contributed by atoms with van der Waals surface area (Å²) in [6.45, 7) is 3.45. The third-order valence-electron chi connectivity index (χ3n) is 4.02. The number of hydrogen-bond donors (Lipinski definition) is 1. The smallest absolute Gasteiger partial charge is 0.270 e. The molecular formula is C18H13NO5. The van der Waals surface area contributed by atoms with Crippen LogP contribution < -0.4 is 0 Å². The van der Waals surface area contributed by atoms with E-state index in [2.05, 4.69) is 0 Å². The molecule has 3 rings (SSSR count). The number of nitro benzene ring substituents is 1. The van der Waals surface area contributed by atoms with Crippen LogP contribution in [0.4, 0.5) is 5.69 Å². The van der Waals surface area contributed by atoms with Crippen molar-refractivity contribution < 1.29 is 19.6 Å². The Morgan fingerprint density at radius 1 is 1.00 bits per heavy atom. The summed E-state index contributed by atoms with van der Waals surface area (Å²) >= 11 is 0. The van der Waals surface area contributed by atoms with E-state index >= 15 is 0 Å². The molecule has 0 saturated heterocycles. The van der Waals surface area contributed by atoms with Crippen LogP contribution in [0.5, 0.6) is 5.75 Å².